The van der Waals surface area contributed by atoms with Crippen LogP contribution < -0.4 is 0 Å². The smallest absolute Gasteiger partial charge is 0.211 e. The highest BCUT2D eigenvalue weighted by Crippen LogP contribution is 2.45. The van der Waals surface area contributed by atoms with Gasteiger partial charge in [-0.25, -0.2) is 16.8 Å². The summed E-state index contributed by atoms with van der Waals surface area (Å²) in [4.78, 5) is 1.06. The Morgan fingerprint density at radius 2 is 1.15 bits per heavy atom. The van der Waals surface area contributed by atoms with Crippen LogP contribution in [0.1, 0.15) is 0 Å². The summed E-state index contributed by atoms with van der Waals surface area (Å²) in [5.74, 6) is 0. The van der Waals surface area contributed by atoms with E-state index in [9.17, 15) is 16.8 Å². The second kappa shape index (κ2) is 6.10. The zero-order valence-electron chi connectivity index (χ0n) is 9.64. The summed E-state index contributed by atoms with van der Waals surface area (Å²) in [5.41, 5.74) is 0. The third kappa shape index (κ3) is 3.86. The maximum Gasteiger partial charge on any atom is 0.243 e. The van der Waals surface area contributed by atoms with Gasteiger partial charge >= 0.3 is 0 Å². The van der Waals surface area contributed by atoms with E-state index in [0.29, 0.717) is 9.81 Å². The molecule has 10 heteroatoms. The molecule has 2 aliphatic rings. The first-order chi connectivity index (χ1) is 9.19. The zero-order chi connectivity index (χ0) is 15.0. The Hall–Kier alpha value is 0.140. The van der Waals surface area contributed by atoms with Gasteiger partial charge in [-0.05, 0) is 0 Å². The summed E-state index contributed by atoms with van der Waals surface area (Å²) < 4.78 is 45.5. The van der Waals surface area contributed by atoms with E-state index in [-0.39, 0.29) is 0 Å². The highest BCUT2D eigenvalue weighted by molar-refractivity contribution is 8.79. The van der Waals surface area contributed by atoms with Crippen molar-refractivity contribution in [3.8, 4) is 0 Å². The average molecular weight is 391 g/mol. The number of halogens is 2. The largest absolute Gasteiger partial charge is 0.243 e. The molecule has 0 aromatic heterocycles. The lowest BCUT2D eigenvalue weighted by Crippen LogP contribution is -2.13. The number of allylic oxidation sites excluding steroid dienone is 4. The molecule has 0 radical (unpaired) electrons. The van der Waals surface area contributed by atoms with Crippen molar-refractivity contribution in [3.05, 3.63) is 46.3 Å². The average Bonchev–Trinajstić information content (AvgIpc) is 2.93. The van der Waals surface area contributed by atoms with Crippen LogP contribution in [0.2, 0.25) is 0 Å². The second-order valence-corrected chi connectivity index (χ2v) is 11.6. The monoisotopic (exact) mass is 390 g/mol. The van der Waals surface area contributed by atoms with Crippen molar-refractivity contribution in [2.24, 2.45) is 0 Å². The van der Waals surface area contributed by atoms with E-state index in [1.165, 1.54) is 12.2 Å². The molecule has 2 atom stereocenters. The molecule has 0 aliphatic heterocycles. The minimum absolute atomic E-state index is 0.531. The number of hydrogen-bond donors (Lipinski definition) is 0. The minimum Gasteiger partial charge on any atom is -0.211 e. The lowest BCUT2D eigenvalue weighted by atomic mass is 10.5. The first kappa shape index (κ1) is 16.5. The molecule has 0 spiro atoms. The van der Waals surface area contributed by atoms with E-state index in [0.717, 1.165) is 21.6 Å². The predicted octanol–water partition coefficient (Wildman–Crippen LogP) is 3.15. The van der Waals surface area contributed by atoms with Crippen LogP contribution in [0.25, 0.3) is 0 Å². The molecule has 110 valence electrons. The van der Waals surface area contributed by atoms with Crippen molar-refractivity contribution in [1.82, 2.24) is 0 Å². The van der Waals surface area contributed by atoms with Crippen LogP contribution in [0, 0.1) is 0 Å². The molecule has 0 saturated heterocycles. The Kier molecular flexibility index (Phi) is 5.03. The van der Waals surface area contributed by atoms with Gasteiger partial charge in [-0.2, -0.15) is 0 Å². The van der Waals surface area contributed by atoms with Crippen LogP contribution in [0.4, 0.5) is 0 Å². The predicted molar refractivity (Wildman–Crippen MR) is 86.7 cm³/mol. The summed E-state index contributed by atoms with van der Waals surface area (Å²) in [5, 5.41) is -1.77. The SMILES string of the molecule is O=S(=O)(Cl)C1C=CC=C1SSC1=CC=CC1S(=O)(=O)Cl. The van der Waals surface area contributed by atoms with Crippen LogP contribution in [0.15, 0.2) is 46.3 Å². The summed E-state index contributed by atoms with van der Waals surface area (Å²) >= 11 is 0. The molecule has 0 aromatic rings. The topological polar surface area (TPSA) is 68.3 Å². The zero-order valence-corrected chi connectivity index (χ0v) is 14.4. The Morgan fingerprint density at radius 3 is 1.45 bits per heavy atom. The molecule has 0 saturated carbocycles. The van der Waals surface area contributed by atoms with Crippen molar-refractivity contribution in [2.45, 2.75) is 10.5 Å². The van der Waals surface area contributed by atoms with Crippen molar-refractivity contribution in [2.75, 3.05) is 0 Å². The van der Waals surface area contributed by atoms with Gasteiger partial charge in [0.25, 0.3) is 0 Å². The molecule has 0 aromatic carbocycles. The second-order valence-electron chi connectivity index (χ2n) is 3.87. The Morgan fingerprint density at radius 1 is 0.800 bits per heavy atom. The lowest BCUT2D eigenvalue weighted by molar-refractivity contribution is 0.606. The van der Waals surface area contributed by atoms with Gasteiger partial charge in [0.15, 0.2) is 0 Å². The van der Waals surface area contributed by atoms with E-state index in [2.05, 4.69) is 0 Å². The van der Waals surface area contributed by atoms with Gasteiger partial charge < -0.3 is 0 Å². The van der Waals surface area contributed by atoms with E-state index >= 15 is 0 Å². The molecular formula is C10H8Cl2O4S4. The van der Waals surface area contributed by atoms with Gasteiger partial charge in [0.05, 0.1) is 0 Å². The van der Waals surface area contributed by atoms with Crippen LogP contribution in [-0.2, 0) is 18.1 Å². The molecule has 0 bridgehead atoms. The van der Waals surface area contributed by atoms with E-state index in [1.807, 2.05) is 0 Å². The van der Waals surface area contributed by atoms with Crippen LogP contribution in [-0.4, -0.2) is 27.3 Å². The third-order valence-corrected chi connectivity index (χ3v) is 8.63. The van der Waals surface area contributed by atoms with Crippen molar-refractivity contribution in [3.63, 3.8) is 0 Å². The first-order valence-corrected chi connectivity index (χ1v) is 12.1. The summed E-state index contributed by atoms with van der Waals surface area (Å²) in [6.45, 7) is 0. The van der Waals surface area contributed by atoms with Crippen LogP contribution in [0.3, 0.4) is 0 Å². The Balaban J connectivity index is 2.05. The Labute approximate surface area is 134 Å². The summed E-state index contributed by atoms with van der Waals surface area (Å²) in [6, 6.07) is 0. The molecule has 2 rings (SSSR count). The highest BCUT2D eigenvalue weighted by atomic mass is 35.7. The standard InChI is InChI=1S/C10H8Cl2O4S4/c11-19(13,14)9-5-1-3-7(9)17-18-8-4-2-6-10(8)20(12,15)16/h1-6,9-10H. The number of hydrogen-bond acceptors (Lipinski definition) is 6. The lowest BCUT2D eigenvalue weighted by Gasteiger charge is -2.12. The first-order valence-electron chi connectivity index (χ1n) is 5.18. The van der Waals surface area contributed by atoms with Gasteiger partial charge in [0.2, 0.25) is 18.1 Å². The number of rotatable bonds is 5. The van der Waals surface area contributed by atoms with Crippen molar-refractivity contribution in [1.29, 1.82) is 0 Å². The van der Waals surface area contributed by atoms with E-state index < -0.39 is 28.6 Å². The maximum absolute atomic E-state index is 11.4. The fraction of sp³-hybridized carbons (Fsp3) is 0.200. The molecule has 20 heavy (non-hydrogen) atoms. The molecule has 0 heterocycles. The summed E-state index contributed by atoms with van der Waals surface area (Å²) in [7, 11) is 5.53. The van der Waals surface area contributed by atoms with Gasteiger partial charge in [0.1, 0.15) is 10.5 Å². The van der Waals surface area contributed by atoms with Crippen molar-refractivity contribution < 1.29 is 16.8 Å². The maximum atomic E-state index is 11.4. The Bertz CT molecular complexity index is 667. The molecule has 2 aliphatic carbocycles. The van der Waals surface area contributed by atoms with E-state index in [4.69, 9.17) is 21.4 Å². The fourth-order valence-corrected chi connectivity index (χ4v) is 7.87. The molecule has 0 amide bonds. The highest BCUT2D eigenvalue weighted by Gasteiger charge is 2.31. The molecular weight excluding hydrogens is 383 g/mol. The summed E-state index contributed by atoms with van der Waals surface area (Å²) in [6.07, 6.45) is 9.42. The van der Waals surface area contributed by atoms with Crippen molar-refractivity contribution >= 4 is 61.1 Å². The molecule has 2 unspecified atom stereocenters. The quantitative estimate of drug-likeness (QED) is 0.530. The van der Waals surface area contributed by atoms with Gasteiger partial charge in [-0.15, -0.1) is 0 Å². The third-order valence-electron chi connectivity index (χ3n) is 2.49. The van der Waals surface area contributed by atoms with Crippen LogP contribution >= 0.6 is 43.0 Å². The fourth-order valence-electron chi connectivity index (χ4n) is 1.59. The van der Waals surface area contributed by atoms with Crippen LogP contribution in [0.5, 0.6) is 0 Å². The molecule has 0 fully saturated rings. The molecule has 4 nitrogen and oxygen atoms in total. The van der Waals surface area contributed by atoms with Gasteiger partial charge in [0, 0.05) is 31.2 Å². The van der Waals surface area contributed by atoms with Gasteiger partial charge in [-0.1, -0.05) is 58.0 Å². The van der Waals surface area contributed by atoms with E-state index in [1.54, 1.807) is 24.3 Å². The minimum atomic E-state index is -3.74. The molecule has 0 N–H and O–H groups in total. The van der Waals surface area contributed by atoms with Gasteiger partial charge in [-0.3, -0.25) is 0 Å². The normalized spacial score (nSPS) is 25.9.